The maximum atomic E-state index is 12.2. The fourth-order valence-electron chi connectivity index (χ4n) is 1.86. The number of nitrogens with zero attached hydrogens (tertiary/aromatic N) is 1. The Morgan fingerprint density at radius 2 is 2.14 bits per heavy atom. The molecule has 0 amide bonds. The van der Waals surface area contributed by atoms with Crippen LogP contribution in [-0.4, -0.2) is 19.4 Å². The molecule has 1 aliphatic carbocycles. The van der Waals surface area contributed by atoms with Crippen LogP contribution in [0.3, 0.4) is 0 Å². The first-order valence-electron chi connectivity index (χ1n) is 6.75. The van der Waals surface area contributed by atoms with E-state index in [2.05, 4.69) is 15.0 Å². The second-order valence-corrected chi connectivity index (χ2v) is 9.16. The third kappa shape index (κ3) is 4.10. The van der Waals surface area contributed by atoms with E-state index in [1.54, 1.807) is 17.6 Å². The minimum atomic E-state index is -3.44. The van der Waals surface area contributed by atoms with Gasteiger partial charge in [-0.1, -0.05) is 0 Å². The van der Waals surface area contributed by atoms with Crippen LogP contribution in [0.2, 0.25) is 0 Å². The molecule has 0 unspecified atom stereocenters. The number of aryl methyl sites for hydroxylation is 1. The van der Waals surface area contributed by atoms with Gasteiger partial charge in [0.1, 0.15) is 0 Å². The second-order valence-electron chi connectivity index (χ2n) is 5.07. The fraction of sp³-hybridized carbons (Fsp3) is 0.462. The Bertz CT molecular complexity index is 717. The monoisotopic (exact) mass is 343 g/mol. The van der Waals surface area contributed by atoms with Crippen LogP contribution in [0.1, 0.15) is 27.6 Å². The number of rotatable bonds is 7. The van der Waals surface area contributed by atoms with E-state index in [0.29, 0.717) is 17.5 Å². The Morgan fingerprint density at radius 1 is 1.33 bits per heavy atom. The highest BCUT2D eigenvalue weighted by atomic mass is 32.2. The summed E-state index contributed by atoms with van der Waals surface area (Å²) in [7, 11) is -3.44. The van der Waals surface area contributed by atoms with Crippen molar-refractivity contribution in [1.82, 2.24) is 15.0 Å². The standard InChI is InChI=1S/C13H17N3O2S3/c1-9-14-6-12(20-9)7-16-21(17,18)13-4-11(19-8-13)5-15-10-2-3-10/h4,6,8,10,15-16H,2-3,5,7H2,1H3. The van der Waals surface area contributed by atoms with Crippen molar-refractivity contribution in [2.24, 2.45) is 0 Å². The summed E-state index contributed by atoms with van der Waals surface area (Å²) >= 11 is 2.98. The van der Waals surface area contributed by atoms with Crippen molar-refractivity contribution >= 4 is 32.7 Å². The van der Waals surface area contributed by atoms with Crippen LogP contribution in [-0.2, 0) is 23.1 Å². The van der Waals surface area contributed by atoms with Crippen molar-refractivity contribution in [3.8, 4) is 0 Å². The number of aromatic nitrogens is 1. The Morgan fingerprint density at radius 3 is 2.81 bits per heavy atom. The third-order valence-electron chi connectivity index (χ3n) is 3.19. The summed E-state index contributed by atoms with van der Waals surface area (Å²) < 4.78 is 27.1. The molecule has 0 aliphatic heterocycles. The second kappa shape index (κ2) is 6.13. The van der Waals surface area contributed by atoms with E-state index in [4.69, 9.17) is 0 Å². The molecule has 2 heterocycles. The minimum Gasteiger partial charge on any atom is -0.309 e. The molecule has 3 rings (SSSR count). The molecule has 2 aromatic heterocycles. The smallest absolute Gasteiger partial charge is 0.241 e. The van der Waals surface area contributed by atoms with Crippen LogP contribution >= 0.6 is 22.7 Å². The molecule has 1 aliphatic rings. The first-order valence-corrected chi connectivity index (χ1v) is 9.92. The summed E-state index contributed by atoms with van der Waals surface area (Å²) in [4.78, 5) is 6.44. The SMILES string of the molecule is Cc1ncc(CNS(=O)(=O)c2csc(CNC3CC3)c2)s1. The summed E-state index contributed by atoms with van der Waals surface area (Å²) in [6.07, 6.45) is 4.17. The molecule has 2 aromatic rings. The summed E-state index contributed by atoms with van der Waals surface area (Å²) in [6.45, 7) is 2.94. The van der Waals surface area contributed by atoms with Gasteiger partial charge in [-0.3, -0.25) is 0 Å². The highest BCUT2D eigenvalue weighted by molar-refractivity contribution is 7.89. The lowest BCUT2D eigenvalue weighted by molar-refractivity contribution is 0.582. The zero-order valence-electron chi connectivity index (χ0n) is 11.6. The van der Waals surface area contributed by atoms with Gasteiger partial charge in [0.15, 0.2) is 0 Å². The molecule has 5 nitrogen and oxygen atoms in total. The van der Waals surface area contributed by atoms with Crippen LogP contribution in [0, 0.1) is 6.92 Å². The maximum Gasteiger partial charge on any atom is 0.241 e. The van der Waals surface area contributed by atoms with E-state index in [-0.39, 0.29) is 0 Å². The number of hydrogen-bond donors (Lipinski definition) is 2. The van der Waals surface area contributed by atoms with E-state index in [0.717, 1.165) is 21.3 Å². The highest BCUT2D eigenvalue weighted by Crippen LogP contribution is 2.23. The van der Waals surface area contributed by atoms with E-state index in [1.165, 1.54) is 35.5 Å². The van der Waals surface area contributed by atoms with Crippen molar-refractivity contribution < 1.29 is 8.42 Å². The van der Waals surface area contributed by atoms with Crippen molar-refractivity contribution in [3.05, 3.63) is 32.4 Å². The first kappa shape index (κ1) is 15.1. The Kier molecular flexibility index (Phi) is 4.41. The van der Waals surface area contributed by atoms with Gasteiger partial charge in [-0.2, -0.15) is 0 Å². The number of sulfonamides is 1. The van der Waals surface area contributed by atoms with Crippen molar-refractivity contribution in [3.63, 3.8) is 0 Å². The molecule has 0 bridgehead atoms. The van der Waals surface area contributed by atoms with E-state index < -0.39 is 10.0 Å². The summed E-state index contributed by atoms with van der Waals surface area (Å²) in [5.74, 6) is 0. The van der Waals surface area contributed by atoms with Crippen molar-refractivity contribution in [1.29, 1.82) is 0 Å². The Hall–Kier alpha value is -0.800. The molecular weight excluding hydrogens is 326 g/mol. The molecule has 0 atom stereocenters. The van der Waals surface area contributed by atoms with Gasteiger partial charge in [-0.15, -0.1) is 22.7 Å². The van der Waals surface area contributed by atoms with Crippen LogP contribution in [0.25, 0.3) is 0 Å². The Labute approximate surface area is 132 Å². The molecule has 1 fully saturated rings. The van der Waals surface area contributed by atoms with Crippen LogP contribution in [0.4, 0.5) is 0 Å². The first-order chi connectivity index (χ1) is 10.0. The lowest BCUT2D eigenvalue weighted by atomic mass is 10.4. The molecule has 1 saturated carbocycles. The normalized spacial score (nSPS) is 15.5. The van der Waals surface area contributed by atoms with E-state index in [9.17, 15) is 8.42 Å². The number of thiazole rings is 1. The predicted molar refractivity (Wildman–Crippen MR) is 85.1 cm³/mol. The fourth-order valence-corrected chi connectivity index (χ4v) is 4.92. The van der Waals surface area contributed by atoms with Crippen LogP contribution < -0.4 is 10.0 Å². The zero-order valence-corrected chi connectivity index (χ0v) is 14.1. The summed E-state index contributed by atoms with van der Waals surface area (Å²) in [6, 6.07) is 2.38. The minimum absolute atomic E-state index is 0.291. The third-order valence-corrected chi connectivity index (χ3v) is 6.57. The van der Waals surface area contributed by atoms with E-state index >= 15 is 0 Å². The summed E-state index contributed by atoms with van der Waals surface area (Å²) in [5, 5.41) is 6.02. The van der Waals surface area contributed by atoms with Gasteiger partial charge >= 0.3 is 0 Å². The molecule has 114 valence electrons. The van der Waals surface area contributed by atoms with Gasteiger partial charge in [-0.05, 0) is 25.8 Å². The Balaban J connectivity index is 1.60. The quantitative estimate of drug-likeness (QED) is 0.809. The molecule has 0 aromatic carbocycles. The lowest BCUT2D eigenvalue weighted by Crippen LogP contribution is -2.22. The van der Waals surface area contributed by atoms with Gasteiger partial charge in [0.25, 0.3) is 0 Å². The largest absolute Gasteiger partial charge is 0.309 e. The highest BCUT2D eigenvalue weighted by Gasteiger charge is 2.21. The summed E-state index contributed by atoms with van der Waals surface area (Å²) in [5.41, 5.74) is 0. The van der Waals surface area contributed by atoms with Gasteiger partial charge < -0.3 is 5.32 Å². The number of hydrogen-bond acceptors (Lipinski definition) is 6. The van der Waals surface area contributed by atoms with Crippen LogP contribution in [0.15, 0.2) is 22.5 Å². The van der Waals surface area contributed by atoms with Gasteiger partial charge in [0, 0.05) is 40.5 Å². The van der Waals surface area contributed by atoms with Gasteiger partial charge in [0.2, 0.25) is 10.0 Å². The average Bonchev–Trinajstić information content (AvgIpc) is 2.97. The topological polar surface area (TPSA) is 71.1 Å². The number of thiophene rings is 1. The lowest BCUT2D eigenvalue weighted by Gasteiger charge is -2.02. The molecule has 21 heavy (non-hydrogen) atoms. The molecule has 0 radical (unpaired) electrons. The van der Waals surface area contributed by atoms with Gasteiger partial charge in [0.05, 0.1) is 9.90 Å². The van der Waals surface area contributed by atoms with Crippen LogP contribution in [0.5, 0.6) is 0 Å². The number of nitrogens with one attached hydrogen (secondary N) is 2. The predicted octanol–water partition coefficient (Wildman–Crippen LogP) is 2.24. The molecule has 8 heteroatoms. The maximum absolute atomic E-state index is 12.2. The molecular formula is C13H17N3O2S3. The molecule has 2 N–H and O–H groups in total. The van der Waals surface area contributed by atoms with Crippen molar-refractivity contribution in [2.45, 2.75) is 43.8 Å². The van der Waals surface area contributed by atoms with Crippen molar-refractivity contribution in [2.75, 3.05) is 0 Å². The average molecular weight is 343 g/mol. The molecule has 0 saturated heterocycles. The van der Waals surface area contributed by atoms with E-state index in [1.807, 2.05) is 6.92 Å². The molecule has 0 spiro atoms. The zero-order chi connectivity index (χ0) is 14.9. The van der Waals surface area contributed by atoms with Gasteiger partial charge in [-0.25, -0.2) is 18.1 Å².